The number of hydrogen-bond acceptors (Lipinski definition) is 2. The van der Waals surface area contributed by atoms with E-state index in [0.717, 1.165) is 22.0 Å². The number of carboxylic acids is 2. The van der Waals surface area contributed by atoms with Gasteiger partial charge in [0.25, 0.3) is 0 Å². The van der Waals surface area contributed by atoms with Crippen molar-refractivity contribution >= 4 is 40.5 Å². The van der Waals surface area contributed by atoms with Gasteiger partial charge in [0.1, 0.15) is 0 Å². The minimum atomic E-state index is -2.33. The second-order valence-electron chi connectivity index (χ2n) is 5.74. The van der Waals surface area contributed by atoms with Gasteiger partial charge in [0.05, 0.1) is 0 Å². The van der Waals surface area contributed by atoms with Crippen LogP contribution in [0.3, 0.4) is 0 Å². The number of rotatable bonds is 5. The van der Waals surface area contributed by atoms with Gasteiger partial charge in [-0.15, -0.1) is 13.2 Å². The van der Waals surface area contributed by atoms with Crippen molar-refractivity contribution in [3.8, 4) is 0 Å². The van der Waals surface area contributed by atoms with Crippen LogP contribution in [0.25, 0.3) is 0 Å². The van der Waals surface area contributed by atoms with Gasteiger partial charge in [-0.2, -0.15) is 0 Å². The first-order valence-corrected chi connectivity index (χ1v) is 10.9. The van der Waals surface area contributed by atoms with E-state index in [9.17, 15) is 14.7 Å². The van der Waals surface area contributed by atoms with E-state index in [1.165, 1.54) is 5.80 Å². The first-order valence-electron chi connectivity index (χ1n) is 9.00. The Bertz CT molecular complexity index is 894. The Morgan fingerprint density at radius 3 is 1.10 bits per heavy atom. The van der Waals surface area contributed by atoms with E-state index in [1.807, 2.05) is 91.0 Å². The molecule has 0 saturated heterocycles. The maximum atomic E-state index is 11.7. The van der Waals surface area contributed by atoms with Gasteiger partial charge in [-0.1, -0.05) is 97.6 Å². The molecule has 0 atom stereocenters. The Morgan fingerprint density at radius 2 is 0.900 bits per heavy atom. The molecular formula is C25H25O4P. The van der Waals surface area contributed by atoms with E-state index in [0.29, 0.717) is 0 Å². The van der Waals surface area contributed by atoms with Crippen LogP contribution in [0.1, 0.15) is 0 Å². The Balaban J connectivity index is 0.000000565. The van der Waals surface area contributed by atoms with Crippen molar-refractivity contribution in [2.45, 2.75) is 0 Å². The molecule has 0 amide bonds. The van der Waals surface area contributed by atoms with Gasteiger partial charge in [-0.3, -0.25) is 0 Å². The van der Waals surface area contributed by atoms with Crippen molar-refractivity contribution in [1.82, 2.24) is 0 Å². The minimum absolute atomic E-state index is 0.833. The molecule has 0 aliphatic heterocycles. The van der Waals surface area contributed by atoms with Crippen molar-refractivity contribution in [1.29, 1.82) is 0 Å². The average Bonchev–Trinajstić information content (AvgIpc) is 2.81. The summed E-state index contributed by atoms with van der Waals surface area (Å²) < 4.78 is 0. The lowest BCUT2D eigenvalue weighted by molar-refractivity contribution is -0.131. The van der Waals surface area contributed by atoms with Crippen molar-refractivity contribution in [3.05, 3.63) is 117 Å². The van der Waals surface area contributed by atoms with Crippen LogP contribution in [0.2, 0.25) is 0 Å². The summed E-state index contributed by atoms with van der Waals surface area (Å²) in [4.78, 5) is 21.0. The standard InChI is InChI=1S/C20H17O2P.C3H4O2.C2H4/c21-20(22)16-23(17-10-4-1-5-11-17,18-12-6-2-7-13-18)19-14-8-3-9-15-19;1-2-3(4)5;1-2/h1-16H,(H,21,22);2H,1H2,(H,4,5);1-2H2. The van der Waals surface area contributed by atoms with Gasteiger partial charge < -0.3 is 10.2 Å². The van der Waals surface area contributed by atoms with E-state index in [-0.39, 0.29) is 0 Å². The zero-order chi connectivity index (χ0) is 22.4. The number of benzene rings is 3. The highest BCUT2D eigenvalue weighted by atomic mass is 31.2. The highest BCUT2D eigenvalue weighted by molar-refractivity contribution is 7.95. The van der Waals surface area contributed by atoms with Crippen molar-refractivity contribution in [2.75, 3.05) is 0 Å². The fourth-order valence-corrected chi connectivity index (χ4v) is 6.43. The minimum Gasteiger partial charge on any atom is -0.478 e. The van der Waals surface area contributed by atoms with E-state index >= 15 is 0 Å². The van der Waals surface area contributed by atoms with Crippen molar-refractivity contribution < 1.29 is 19.8 Å². The summed E-state index contributed by atoms with van der Waals surface area (Å²) in [6, 6.07) is 29.8. The first kappa shape index (κ1) is 24.4. The van der Waals surface area contributed by atoms with Gasteiger partial charge in [0.2, 0.25) is 0 Å². The van der Waals surface area contributed by atoms with Crippen LogP contribution >= 0.6 is 6.89 Å². The maximum absolute atomic E-state index is 11.7. The van der Waals surface area contributed by atoms with E-state index in [2.05, 4.69) is 19.7 Å². The molecule has 0 unspecified atom stereocenters. The van der Waals surface area contributed by atoms with E-state index < -0.39 is 18.8 Å². The number of aliphatic carboxylic acids is 2. The Labute approximate surface area is 177 Å². The molecule has 3 aromatic carbocycles. The predicted octanol–water partition coefficient (Wildman–Crippen LogP) is 3.93. The highest BCUT2D eigenvalue weighted by Crippen LogP contribution is 2.43. The molecule has 5 heteroatoms. The fraction of sp³-hybridized carbons (Fsp3) is 0. The molecule has 4 nitrogen and oxygen atoms in total. The average molecular weight is 420 g/mol. The molecule has 30 heavy (non-hydrogen) atoms. The molecule has 0 radical (unpaired) electrons. The van der Waals surface area contributed by atoms with Gasteiger partial charge in [0, 0.05) is 11.9 Å². The summed E-state index contributed by atoms with van der Waals surface area (Å²) in [5.41, 5.74) is 0. The molecule has 0 bridgehead atoms. The largest absolute Gasteiger partial charge is 0.478 e. The smallest absolute Gasteiger partial charge is 0.329 e. The zero-order valence-corrected chi connectivity index (χ0v) is 17.5. The monoisotopic (exact) mass is 420 g/mol. The first-order chi connectivity index (χ1) is 14.5. The van der Waals surface area contributed by atoms with Gasteiger partial charge in [-0.05, 0) is 22.8 Å². The molecule has 0 heterocycles. The lowest BCUT2D eigenvalue weighted by atomic mass is 10.4. The van der Waals surface area contributed by atoms with Crippen LogP contribution in [-0.2, 0) is 9.59 Å². The topological polar surface area (TPSA) is 74.6 Å². The third kappa shape index (κ3) is 6.47. The number of carbonyl (C=O) groups is 2. The third-order valence-electron chi connectivity index (χ3n) is 3.97. The van der Waals surface area contributed by atoms with Crippen LogP contribution < -0.4 is 15.9 Å². The fourth-order valence-electron chi connectivity index (χ4n) is 2.83. The summed E-state index contributed by atoms with van der Waals surface area (Å²) in [6.45, 7) is 6.63. The zero-order valence-electron chi connectivity index (χ0n) is 16.6. The molecule has 2 N–H and O–H groups in total. The third-order valence-corrected chi connectivity index (χ3v) is 7.92. The lowest BCUT2D eigenvalue weighted by Gasteiger charge is -2.27. The van der Waals surface area contributed by atoms with Crippen molar-refractivity contribution in [2.24, 2.45) is 0 Å². The lowest BCUT2D eigenvalue weighted by Crippen LogP contribution is -2.28. The summed E-state index contributed by atoms with van der Waals surface area (Å²) in [7, 11) is 0. The van der Waals surface area contributed by atoms with Gasteiger partial charge in [-0.25, -0.2) is 9.59 Å². The molecule has 0 spiro atoms. The molecule has 3 rings (SSSR count). The van der Waals surface area contributed by atoms with Crippen LogP contribution in [-0.4, -0.2) is 27.9 Å². The van der Waals surface area contributed by atoms with Crippen LogP contribution in [0, 0.1) is 0 Å². The van der Waals surface area contributed by atoms with Crippen LogP contribution in [0.15, 0.2) is 117 Å². The van der Waals surface area contributed by atoms with Gasteiger partial charge in [0.15, 0.2) is 0 Å². The molecule has 154 valence electrons. The molecule has 0 aromatic heterocycles. The van der Waals surface area contributed by atoms with Crippen molar-refractivity contribution in [3.63, 3.8) is 0 Å². The highest BCUT2D eigenvalue weighted by Gasteiger charge is 2.25. The van der Waals surface area contributed by atoms with Crippen LogP contribution in [0.5, 0.6) is 0 Å². The summed E-state index contributed by atoms with van der Waals surface area (Å²) in [5, 5.41) is 20.3. The summed E-state index contributed by atoms with van der Waals surface area (Å²) >= 11 is 0. The normalized spacial score (nSPS) is 9.60. The molecule has 0 saturated carbocycles. The molecule has 3 aromatic rings. The summed E-state index contributed by atoms with van der Waals surface area (Å²) in [6.07, 6.45) is 0.833. The maximum Gasteiger partial charge on any atom is 0.329 e. The second-order valence-corrected chi connectivity index (χ2v) is 8.99. The molecule has 0 aliphatic carbocycles. The summed E-state index contributed by atoms with van der Waals surface area (Å²) in [5.74, 6) is -0.382. The Morgan fingerprint density at radius 1 is 0.633 bits per heavy atom. The second kappa shape index (κ2) is 12.8. The molecule has 0 fully saturated rings. The molecule has 0 aliphatic rings. The predicted molar refractivity (Wildman–Crippen MR) is 128 cm³/mol. The van der Waals surface area contributed by atoms with Crippen LogP contribution in [0.4, 0.5) is 0 Å². The van der Waals surface area contributed by atoms with E-state index in [4.69, 9.17) is 5.11 Å². The number of carboxylic acid groups (broad SMARTS) is 2. The van der Waals surface area contributed by atoms with E-state index in [1.54, 1.807) is 0 Å². The Hall–Kier alpha value is -3.62. The SMILES string of the molecule is C=C.C=CC(=O)O.O=C(O)C=P(c1ccccc1)(c1ccccc1)c1ccccc1. The Kier molecular flexibility index (Phi) is 10.4. The molecular weight excluding hydrogens is 395 g/mol. The number of hydrogen-bond donors (Lipinski definition) is 2. The quantitative estimate of drug-likeness (QED) is 0.373. The van der Waals surface area contributed by atoms with Gasteiger partial charge >= 0.3 is 11.9 Å².